The number of carbonyl (C=O) groups excluding carboxylic acids is 2. The molecule has 0 radical (unpaired) electrons. The molecule has 21 heavy (non-hydrogen) atoms. The maximum absolute atomic E-state index is 12.1. The van der Waals surface area contributed by atoms with E-state index in [0.717, 1.165) is 10.6 Å². The molecule has 2 rings (SSSR count). The molecule has 1 heterocycles. The molecule has 0 saturated carbocycles. The quantitative estimate of drug-likeness (QED) is 0.910. The van der Waals surface area contributed by atoms with Crippen molar-refractivity contribution in [2.45, 2.75) is 38.1 Å². The number of thioether (sulfide) groups is 1. The average Bonchev–Trinajstić information content (AvgIpc) is 2.46. The van der Waals surface area contributed by atoms with E-state index in [1.54, 1.807) is 16.7 Å². The fraction of sp³-hybridized carbons (Fsp3) is 0.500. The number of amides is 2. The van der Waals surface area contributed by atoms with Crippen LogP contribution in [0.3, 0.4) is 0 Å². The third-order valence-corrected chi connectivity index (χ3v) is 4.81. The molecule has 1 N–H and O–H groups in total. The zero-order chi connectivity index (χ0) is 15.4. The van der Waals surface area contributed by atoms with Crippen LogP contribution in [0.5, 0.6) is 0 Å². The van der Waals surface area contributed by atoms with Gasteiger partial charge in [-0.1, -0.05) is 26.0 Å². The van der Waals surface area contributed by atoms with Crippen molar-refractivity contribution >= 4 is 29.3 Å². The van der Waals surface area contributed by atoms with Gasteiger partial charge in [0.25, 0.3) is 0 Å². The highest BCUT2D eigenvalue weighted by molar-refractivity contribution is 8.00. The molecule has 5 heteroatoms. The molecule has 1 aliphatic rings. The lowest BCUT2D eigenvalue weighted by Gasteiger charge is -2.29. The van der Waals surface area contributed by atoms with Crippen molar-refractivity contribution in [2.75, 3.05) is 17.2 Å². The van der Waals surface area contributed by atoms with Gasteiger partial charge in [0.2, 0.25) is 11.8 Å². The number of anilines is 1. The second kappa shape index (κ2) is 6.98. The van der Waals surface area contributed by atoms with Gasteiger partial charge in [0.15, 0.2) is 0 Å². The lowest BCUT2D eigenvalue weighted by molar-refractivity contribution is -0.121. The van der Waals surface area contributed by atoms with Crippen molar-refractivity contribution in [1.29, 1.82) is 0 Å². The lowest BCUT2D eigenvalue weighted by atomic mass is 10.1. The van der Waals surface area contributed by atoms with Crippen LogP contribution in [0.15, 0.2) is 29.2 Å². The van der Waals surface area contributed by atoms with Crippen LogP contribution >= 0.6 is 11.8 Å². The number of hydrogen-bond acceptors (Lipinski definition) is 3. The normalized spacial score (nSPS) is 15.8. The summed E-state index contributed by atoms with van der Waals surface area (Å²) in [6.07, 6.45) is 0.335. The predicted molar refractivity (Wildman–Crippen MR) is 86.6 cm³/mol. The maximum Gasteiger partial charge on any atom is 0.237 e. The first kappa shape index (κ1) is 15.9. The first-order valence-electron chi connectivity index (χ1n) is 7.30. The van der Waals surface area contributed by atoms with Crippen molar-refractivity contribution < 1.29 is 9.59 Å². The number of hydrogen-bond donors (Lipinski definition) is 1. The Hall–Kier alpha value is -1.49. The minimum Gasteiger partial charge on any atom is -0.353 e. The molecule has 1 aromatic carbocycles. The molecule has 0 spiro atoms. The largest absolute Gasteiger partial charge is 0.353 e. The maximum atomic E-state index is 12.1. The van der Waals surface area contributed by atoms with Gasteiger partial charge in [0.05, 0.1) is 11.4 Å². The fourth-order valence-electron chi connectivity index (χ4n) is 2.11. The number of fused-ring (bicyclic) bond motifs is 1. The number of benzene rings is 1. The minimum absolute atomic E-state index is 0.000271. The Morgan fingerprint density at radius 1 is 1.33 bits per heavy atom. The van der Waals surface area contributed by atoms with Crippen molar-refractivity contribution in [3.05, 3.63) is 24.3 Å². The van der Waals surface area contributed by atoms with Crippen LogP contribution in [0.2, 0.25) is 0 Å². The highest BCUT2D eigenvalue weighted by Gasteiger charge is 2.24. The third-order valence-electron chi connectivity index (χ3n) is 3.76. The number of carbonyl (C=O) groups is 2. The van der Waals surface area contributed by atoms with E-state index in [-0.39, 0.29) is 17.9 Å². The van der Waals surface area contributed by atoms with Crippen molar-refractivity contribution in [1.82, 2.24) is 5.32 Å². The van der Waals surface area contributed by atoms with Crippen molar-refractivity contribution in [2.24, 2.45) is 5.92 Å². The summed E-state index contributed by atoms with van der Waals surface area (Å²) in [6, 6.07) is 7.99. The molecule has 2 amide bonds. The number of rotatable bonds is 5. The van der Waals surface area contributed by atoms with Crippen molar-refractivity contribution in [3.63, 3.8) is 0 Å². The Kier molecular flexibility index (Phi) is 5.28. The third kappa shape index (κ3) is 4.00. The molecule has 0 saturated heterocycles. The summed E-state index contributed by atoms with van der Waals surface area (Å²) in [5, 5.41) is 2.98. The van der Waals surface area contributed by atoms with Gasteiger partial charge in [0, 0.05) is 23.9 Å². The van der Waals surface area contributed by atoms with E-state index >= 15 is 0 Å². The second-order valence-corrected chi connectivity index (χ2v) is 6.67. The molecule has 0 aromatic heterocycles. The monoisotopic (exact) mass is 306 g/mol. The van der Waals surface area contributed by atoms with Gasteiger partial charge in [-0.2, -0.15) is 0 Å². The molecule has 1 aromatic rings. The van der Waals surface area contributed by atoms with E-state index < -0.39 is 0 Å². The molecule has 1 atom stereocenters. The van der Waals surface area contributed by atoms with Crippen LogP contribution in [0.1, 0.15) is 27.2 Å². The van der Waals surface area contributed by atoms with E-state index in [1.165, 1.54) is 0 Å². The van der Waals surface area contributed by atoms with Gasteiger partial charge in [-0.15, -0.1) is 11.8 Å². The average molecular weight is 306 g/mol. The van der Waals surface area contributed by atoms with Crippen LogP contribution in [0.4, 0.5) is 5.69 Å². The molecule has 0 bridgehead atoms. The summed E-state index contributed by atoms with van der Waals surface area (Å²) in [5.41, 5.74) is 0.920. The van der Waals surface area contributed by atoms with Gasteiger partial charge in [-0.05, 0) is 25.0 Å². The predicted octanol–water partition coefficient (Wildman–Crippen LogP) is 2.68. The number of nitrogens with zero attached hydrogens (tertiary/aromatic N) is 1. The SMILES string of the molecule is CC(C)C(C)NC(=O)CCN1C(=O)CSc2ccccc21. The summed E-state index contributed by atoms with van der Waals surface area (Å²) in [4.78, 5) is 26.9. The van der Waals surface area contributed by atoms with Crippen LogP contribution in [0.25, 0.3) is 0 Å². The second-order valence-electron chi connectivity index (χ2n) is 5.65. The first-order chi connectivity index (χ1) is 9.99. The summed E-state index contributed by atoms with van der Waals surface area (Å²) in [7, 11) is 0. The molecular weight excluding hydrogens is 284 g/mol. The Bertz CT molecular complexity index is 531. The molecule has 114 valence electrons. The Morgan fingerprint density at radius 2 is 2.05 bits per heavy atom. The van der Waals surface area contributed by atoms with E-state index in [9.17, 15) is 9.59 Å². The molecule has 1 aliphatic heterocycles. The van der Waals surface area contributed by atoms with Crippen LogP contribution < -0.4 is 10.2 Å². The highest BCUT2D eigenvalue weighted by Crippen LogP contribution is 2.34. The van der Waals surface area contributed by atoms with Crippen LogP contribution in [-0.4, -0.2) is 30.2 Å². The summed E-state index contributed by atoms with van der Waals surface area (Å²) in [5.74, 6) is 0.923. The van der Waals surface area contributed by atoms with Gasteiger partial charge >= 0.3 is 0 Å². The Balaban J connectivity index is 1.97. The van der Waals surface area contributed by atoms with Gasteiger partial charge in [-0.3, -0.25) is 9.59 Å². The van der Waals surface area contributed by atoms with Gasteiger partial charge in [0.1, 0.15) is 0 Å². The summed E-state index contributed by atoms with van der Waals surface area (Å²) >= 11 is 1.56. The topological polar surface area (TPSA) is 49.4 Å². The molecule has 1 unspecified atom stereocenters. The highest BCUT2D eigenvalue weighted by atomic mass is 32.2. The summed E-state index contributed by atoms with van der Waals surface area (Å²) < 4.78 is 0. The van der Waals surface area contributed by atoms with E-state index in [1.807, 2.05) is 31.2 Å². The summed E-state index contributed by atoms with van der Waals surface area (Å²) in [6.45, 7) is 6.59. The number of para-hydroxylation sites is 1. The van der Waals surface area contributed by atoms with E-state index in [2.05, 4.69) is 19.2 Å². The van der Waals surface area contributed by atoms with Gasteiger partial charge in [-0.25, -0.2) is 0 Å². The molecule has 4 nitrogen and oxygen atoms in total. The molecular formula is C16H22N2O2S. The standard InChI is InChI=1S/C16H22N2O2S/c1-11(2)12(3)17-15(19)8-9-18-13-6-4-5-7-14(13)21-10-16(18)20/h4-7,11-12H,8-10H2,1-3H3,(H,17,19). The zero-order valence-electron chi connectivity index (χ0n) is 12.8. The van der Waals surface area contributed by atoms with Crippen molar-refractivity contribution in [3.8, 4) is 0 Å². The zero-order valence-corrected chi connectivity index (χ0v) is 13.6. The Morgan fingerprint density at radius 3 is 2.76 bits per heavy atom. The fourth-order valence-corrected chi connectivity index (χ4v) is 3.04. The van der Waals surface area contributed by atoms with Crippen LogP contribution in [0, 0.1) is 5.92 Å². The molecule has 0 aliphatic carbocycles. The lowest BCUT2D eigenvalue weighted by Crippen LogP contribution is -2.41. The Labute approximate surface area is 130 Å². The smallest absolute Gasteiger partial charge is 0.237 e. The van der Waals surface area contributed by atoms with Crippen LogP contribution in [-0.2, 0) is 9.59 Å². The molecule has 0 fully saturated rings. The van der Waals surface area contributed by atoms with E-state index in [0.29, 0.717) is 24.6 Å². The van der Waals surface area contributed by atoms with Gasteiger partial charge < -0.3 is 10.2 Å². The number of nitrogens with one attached hydrogen (secondary N) is 1. The minimum atomic E-state index is -0.000271. The van der Waals surface area contributed by atoms with E-state index in [4.69, 9.17) is 0 Å². The first-order valence-corrected chi connectivity index (χ1v) is 8.29.